The standard InChI is InChI=1S/C25H27F3N4O5/c1-13-14(2)30-21(19(29-13)20(34)23-10-24(11-23,12-23)25(26,27)28)31-22(35)15-6-7-37-17(8-15)16-4-5-18(33)32(9-16)36-3/h4-5,9,15,17H,6-8,10-12H2,1-3H3,(H,30,31,35)/t15-,17+,23?,24?/m0/s1. The first-order valence-electron chi connectivity index (χ1n) is 12.0. The van der Waals surface area contributed by atoms with Crippen molar-refractivity contribution in [1.29, 1.82) is 0 Å². The van der Waals surface area contributed by atoms with Crippen molar-refractivity contribution in [3.05, 3.63) is 51.3 Å². The van der Waals surface area contributed by atoms with Crippen LogP contribution in [0.5, 0.6) is 0 Å². The number of aryl methyl sites for hydroxylation is 2. The number of pyridine rings is 1. The average molecular weight is 521 g/mol. The minimum absolute atomic E-state index is 0.0279. The van der Waals surface area contributed by atoms with E-state index >= 15 is 0 Å². The van der Waals surface area contributed by atoms with Gasteiger partial charge in [0.2, 0.25) is 5.91 Å². The van der Waals surface area contributed by atoms with Gasteiger partial charge in [0.15, 0.2) is 11.6 Å². The monoisotopic (exact) mass is 520 g/mol. The molecule has 12 heteroatoms. The third kappa shape index (κ3) is 4.11. The molecule has 6 rings (SSSR count). The lowest BCUT2D eigenvalue weighted by Crippen LogP contribution is -2.71. The predicted octanol–water partition coefficient (Wildman–Crippen LogP) is 3.34. The van der Waals surface area contributed by atoms with Gasteiger partial charge in [0.05, 0.1) is 29.1 Å². The van der Waals surface area contributed by atoms with Crippen LogP contribution in [0.2, 0.25) is 0 Å². The molecule has 3 heterocycles. The lowest BCUT2D eigenvalue weighted by molar-refractivity contribution is -0.346. The number of anilines is 1. The van der Waals surface area contributed by atoms with Crippen LogP contribution in [0.1, 0.15) is 65.6 Å². The van der Waals surface area contributed by atoms with Gasteiger partial charge in [0, 0.05) is 29.6 Å². The number of hydrogen-bond donors (Lipinski definition) is 1. The molecule has 0 aromatic carbocycles. The Labute approximate surface area is 210 Å². The normalized spacial score (nSPS) is 28.6. The molecule has 2 aromatic rings. The molecule has 2 atom stereocenters. The minimum atomic E-state index is -4.34. The molecule has 198 valence electrons. The molecule has 0 radical (unpaired) electrons. The summed E-state index contributed by atoms with van der Waals surface area (Å²) in [6.45, 7) is 3.63. The summed E-state index contributed by atoms with van der Waals surface area (Å²) in [7, 11) is 1.36. The fourth-order valence-electron chi connectivity index (χ4n) is 5.73. The highest BCUT2D eigenvalue weighted by molar-refractivity contribution is 6.07. The van der Waals surface area contributed by atoms with Crippen molar-refractivity contribution < 1.29 is 32.3 Å². The number of halogens is 3. The first-order valence-corrected chi connectivity index (χ1v) is 12.0. The van der Waals surface area contributed by atoms with Crippen molar-refractivity contribution in [2.24, 2.45) is 16.7 Å². The van der Waals surface area contributed by atoms with E-state index in [-0.39, 0.29) is 42.2 Å². The summed E-state index contributed by atoms with van der Waals surface area (Å²) in [6, 6.07) is 2.97. The Kier molecular flexibility index (Phi) is 5.93. The van der Waals surface area contributed by atoms with Crippen molar-refractivity contribution in [1.82, 2.24) is 14.7 Å². The average Bonchev–Trinajstić information content (AvgIpc) is 2.78. The first-order chi connectivity index (χ1) is 17.4. The molecule has 3 saturated carbocycles. The summed E-state index contributed by atoms with van der Waals surface area (Å²) in [5, 5.41) is 2.72. The highest BCUT2D eigenvalue weighted by Gasteiger charge is 2.81. The Morgan fingerprint density at radius 2 is 1.84 bits per heavy atom. The van der Waals surface area contributed by atoms with Crippen molar-refractivity contribution in [3.63, 3.8) is 0 Å². The first kappa shape index (κ1) is 25.4. The molecule has 2 bridgehead atoms. The molecule has 4 aliphatic rings. The molecule has 9 nitrogen and oxygen atoms in total. The lowest BCUT2D eigenvalue weighted by Gasteiger charge is -2.69. The molecule has 4 fully saturated rings. The topological polar surface area (TPSA) is 112 Å². The van der Waals surface area contributed by atoms with Gasteiger partial charge in [-0.05, 0) is 52.0 Å². The molecule has 37 heavy (non-hydrogen) atoms. The summed E-state index contributed by atoms with van der Waals surface area (Å²) >= 11 is 0. The molecule has 3 aliphatic carbocycles. The molecule has 0 unspecified atom stereocenters. The van der Waals surface area contributed by atoms with Crippen LogP contribution >= 0.6 is 0 Å². The Morgan fingerprint density at radius 1 is 1.16 bits per heavy atom. The third-order valence-corrected chi connectivity index (χ3v) is 8.00. The van der Waals surface area contributed by atoms with Crippen molar-refractivity contribution >= 4 is 17.5 Å². The summed E-state index contributed by atoms with van der Waals surface area (Å²) < 4.78 is 46.8. The molecule has 1 amide bonds. The van der Waals surface area contributed by atoms with Gasteiger partial charge in [-0.3, -0.25) is 14.4 Å². The number of alkyl halides is 3. The third-order valence-electron chi connectivity index (χ3n) is 8.00. The Bertz CT molecular complexity index is 1320. The van der Waals surface area contributed by atoms with Gasteiger partial charge in [-0.1, -0.05) is 0 Å². The van der Waals surface area contributed by atoms with E-state index in [0.29, 0.717) is 36.4 Å². The van der Waals surface area contributed by atoms with E-state index in [9.17, 15) is 27.6 Å². The minimum Gasteiger partial charge on any atom is -0.414 e. The molecular weight excluding hydrogens is 493 g/mol. The molecule has 2 aromatic heterocycles. The molecule has 1 N–H and O–H groups in total. The summed E-state index contributed by atoms with van der Waals surface area (Å²) in [4.78, 5) is 52.1. The van der Waals surface area contributed by atoms with Gasteiger partial charge in [0.25, 0.3) is 5.56 Å². The number of rotatable bonds is 6. The van der Waals surface area contributed by atoms with Gasteiger partial charge in [0.1, 0.15) is 12.8 Å². The number of aromatic nitrogens is 3. The van der Waals surface area contributed by atoms with Crippen LogP contribution in [0.4, 0.5) is 19.0 Å². The highest BCUT2D eigenvalue weighted by Crippen LogP contribution is 2.79. The largest absolute Gasteiger partial charge is 0.414 e. The number of ketones is 1. The van der Waals surface area contributed by atoms with E-state index in [0.717, 1.165) is 4.73 Å². The Hall–Kier alpha value is -3.28. The van der Waals surface area contributed by atoms with Crippen molar-refractivity contribution in [3.8, 4) is 0 Å². The number of Topliss-reactive ketones (excluding diaryl/α,β-unsaturated/α-hetero) is 1. The number of nitrogens with one attached hydrogen (secondary N) is 1. The second-order valence-electron chi connectivity index (χ2n) is 10.4. The van der Waals surface area contributed by atoms with Crippen LogP contribution in [0.3, 0.4) is 0 Å². The number of carbonyl (C=O) groups is 2. The summed E-state index contributed by atoms with van der Waals surface area (Å²) in [5.74, 6) is -1.41. The number of ether oxygens (including phenoxy) is 1. The van der Waals surface area contributed by atoms with Crippen LogP contribution in [-0.4, -0.2) is 46.3 Å². The van der Waals surface area contributed by atoms with Gasteiger partial charge in [-0.25, -0.2) is 9.97 Å². The van der Waals surface area contributed by atoms with E-state index in [2.05, 4.69) is 15.3 Å². The fraction of sp³-hybridized carbons (Fsp3) is 0.560. The predicted molar refractivity (Wildman–Crippen MR) is 124 cm³/mol. The summed E-state index contributed by atoms with van der Waals surface area (Å²) in [5.41, 5.74) is -1.67. The van der Waals surface area contributed by atoms with Gasteiger partial charge < -0.3 is 14.9 Å². The van der Waals surface area contributed by atoms with E-state index in [4.69, 9.17) is 9.57 Å². The fourth-order valence-corrected chi connectivity index (χ4v) is 5.73. The number of hydrogen-bond acceptors (Lipinski definition) is 7. The van der Waals surface area contributed by atoms with Crippen LogP contribution in [-0.2, 0) is 9.53 Å². The maximum atomic E-state index is 13.3. The zero-order chi connectivity index (χ0) is 26.8. The van der Waals surface area contributed by atoms with Gasteiger partial charge in [-0.2, -0.15) is 17.9 Å². The lowest BCUT2D eigenvalue weighted by atomic mass is 9.33. The maximum absolute atomic E-state index is 13.3. The van der Waals surface area contributed by atoms with Crippen LogP contribution in [0.15, 0.2) is 23.1 Å². The van der Waals surface area contributed by atoms with E-state index in [1.54, 1.807) is 19.9 Å². The van der Waals surface area contributed by atoms with Gasteiger partial charge in [-0.15, -0.1) is 0 Å². The van der Waals surface area contributed by atoms with Crippen LogP contribution in [0, 0.1) is 30.6 Å². The molecule has 1 aliphatic heterocycles. The zero-order valence-electron chi connectivity index (χ0n) is 20.6. The second kappa shape index (κ2) is 8.64. The second-order valence-corrected chi connectivity index (χ2v) is 10.4. The van der Waals surface area contributed by atoms with Crippen LogP contribution < -0.4 is 15.7 Å². The SMILES string of the molecule is COn1cc([C@H]2C[C@@H](C(=O)Nc3nc(C)c(C)nc3C(=O)C34CC(C(F)(F)F)(C3)C4)CCO2)ccc1=O. The van der Waals surface area contributed by atoms with Crippen LogP contribution in [0.25, 0.3) is 0 Å². The zero-order valence-corrected chi connectivity index (χ0v) is 20.6. The number of nitrogens with zero attached hydrogens (tertiary/aromatic N) is 3. The quantitative estimate of drug-likeness (QED) is 0.582. The van der Waals surface area contributed by atoms with E-state index in [1.165, 1.54) is 19.4 Å². The highest BCUT2D eigenvalue weighted by atomic mass is 19.4. The molecular formula is C25H27F3N4O5. The number of carbonyl (C=O) groups excluding carboxylic acids is 2. The Morgan fingerprint density at radius 3 is 2.49 bits per heavy atom. The smallest absolute Gasteiger partial charge is 0.394 e. The maximum Gasteiger partial charge on any atom is 0.394 e. The van der Waals surface area contributed by atoms with Gasteiger partial charge >= 0.3 is 6.18 Å². The molecule has 1 saturated heterocycles. The number of amides is 1. The summed E-state index contributed by atoms with van der Waals surface area (Å²) in [6.07, 6.45) is -3.31. The van der Waals surface area contributed by atoms with E-state index < -0.39 is 34.8 Å². The van der Waals surface area contributed by atoms with Crippen molar-refractivity contribution in [2.75, 3.05) is 19.0 Å². The van der Waals surface area contributed by atoms with E-state index in [1.807, 2.05) is 0 Å². The van der Waals surface area contributed by atoms with Crippen molar-refractivity contribution in [2.45, 2.75) is 58.2 Å². The Balaban J connectivity index is 1.33. The molecule has 0 spiro atoms.